The van der Waals surface area contributed by atoms with Gasteiger partial charge in [-0.25, -0.2) is 4.79 Å². The molecular weight excluding hydrogens is 298 g/mol. The van der Waals surface area contributed by atoms with Crippen molar-refractivity contribution in [2.75, 3.05) is 13.1 Å². The third-order valence-electron chi connectivity index (χ3n) is 4.36. The van der Waals surface area contributed by atoms with Crippen LogP contribution in [0.2, 0.25) is 0 Å². The van der Waals surface area contributed by atoms with Gasteiger partial charge in [0.25, 0.3) is 5.56 Å². The van der Waals surface area contributed by atoms with E-state index in [1.807, 2.05) is 19.9 Å². The average molecular weight is 321 g/mol. The summed E-state index contributed by atoms with van der Waals surface area (Å²) in [6.07, 6.45) is 0.581. The van der Waals surface area contributed by atoms with E-state index in [0.29, 0.717) is 18.5 Å². The molecule has 0 aliphatic carbocycles. The van der Waals surface area contributed by atoms with Gasteiger partial charge in [-0.2, -0.15) is 0 Å². The highest BCUT2D eigenvalue weighted by Gasteiger charge is 2.31. The molecule has 0 saturated carbocycles. The van der Waals surface area contributed by atoms with Crippen LogP contribution >= 0.6 is 0 Å². The first-order valence-corrected chi connectivity index (χ1v) is 7.70. The Bertz CT molecular complexity index is 668. The van der Waals surface area contributed by atoms with Crippen molar-refractivity contribution in [1.29, 1.82) is 0 Å². The molecule has 1 aromatic heterocycles. The molecule has 7 nitrogen and oxygen atoms in total. The lowest BCUT2D eigenvalue weighted by atomic mass is 9.91. The lowest BCUT2D eigenvalue weighted by Gasteiger charge is -2.34. The van der Waals surface area contributed by atoms with E-state index < -0.39 is 11.9 Å². The van der Waals surface area contributed by atoms with Crippen LogP contribution in [0.4, 0.5) is 4.79 Å². The number of nitrogens with zero attached hydrogens (tertiary/aromatic N) is 2. The first-order chi connectivity index (χ1) is 10.8. The fraction of sp³-hybridized carbons (Fsp3) is 0.562. The molecule has 0 radical (unpaired) electrons. The molecule has 2 rings (SSSR count). The SMILES string of the molecule is Cc1ccc(CNC(=O)N2CC(C)CC(C(=O)O)C2)c(=O)n1C. The van der Waals surface area contributed by atoms with Gasteiger partial charge in [-0.15, -0.1) is 0 Å². The summed E-state index contributed by atoms with van der Waals surface area (Å²) in [5.74, 6) is -1.26. The standard InChI is InChI=1S/C16H23N3O4/c1-10-6-13(15(21)22)9-19(8-10)16(23)17-7-12-5-4-11(2)18(3)14(12)20/h4-5,10,13H,6-9H2,1-3H3,(H,17,23)(H,21,22). The predicted octanol–water partition coefficient (Wildman–Crippen LogP) is 0.946. The summed E-state index contributed by atoms with van der Waals surface area (Å²) >= 11 is 0. The van der Waals surface area contributed by atoms with E-state index in [1.54, 1.807) is 13.1 Å². The van der Waals surface area contributed by atoms with Crippen LogP contribution in [0.15, 0.2) is 16.9 Å². The minimum Gasteiger partial charge on any atom is -0.481 e. The molecule has 0 aromatic carbocycles. The lowest BCUT2D eigenvalue weighted by Crippen LogP contribution is -2.49. The van der Waals surface area contributed by atoms with Crippen molar-refractivity contribution in [3.8, 4) is 0 Å². The van der Waals surface area contributed by atoms with Crippen molar-refractivity contribution in [1.82, 2.24) is 14.8 Å². The number of carboxylic acid groups (broad SMARTS) is 1. The van der Waals surface area contributed by atoms with E-state index in [2.05, 4.69) is 5.32 Å². The lowest BCUT2D eigenvalue weighted by molar-refractivity contribution is -0.143. The molecule has 1 fully saturated rings. The minimum atomic E-state index is -0.873. The molecule has 2 unspecified atom stereocenters. The highest BCUT2D eigenvalue weighted by atomic mass is 16.4. The molecule has 7 heteroatoms. The molecular formula is C16H23N3O4. The highest BCUT2D eigenvalue weighted by Crippen LogP contribution is 2.21. The number of hydrogen-bond donors (Lipinski definition) is 2. The normalized spacial score (nSPS) is 21.1. The van der Waals surface area contributed by atoms with Gasteiger partial charge in [0.15, 0.2) is 0 Å². The molecule has 2 heterocycles. The second-order valence-corrected chi connectivity index (χ2v) is 6.30. The van der Waals surface area contributed by atoms with E-state index in [9.17, 15) is 14.4 Å². The maximum Gasteiger partial charge on any atom is 0.317 e. The van der Waals surface area contributed by atoms with E-state index in [-0.39, 0.29) is 30.6 Å². The molecule has 1 saturated heterocycles. The summed E-state index contributed by atoms with van der Waals surface area (Å²) in [4.78, 5) is 37.0. The largest absolute Gasteiger partial charge is 0.481 e. The van der Waals surface area contributed by atoms with Gasteiger partial charge in [0.05, 0.1) is 5.92 Å². The number of carbonyl (C=O) groups excluding carboxylic acids is 1. The van der Waals surface area contributed by atoms with Gasteiger partial charge in [0.1, 0.15) is 0 Å². The number of aliphatic carboxylic acids is 1. The summed E-state index contributed by atoms with van der Waals surface area (Å²) in [6, 6.07) is 3.20. The van der Waals surface area contributed by atoms with Crippen LogP contribution in [-0.4, -0.2) is 39.7 Å². The van der Waals surface area contributed by atoms with Crippen LogP contribution in [0, 0.1) is 18.8 Å². The van der Waals surface area contributed by atoms with Gasteiger partial charge in [0.2, 0.25) is 0 Å². The van der Waals surface area contributed by atoms with Gasteiger partial charge in [-0.3, -0.25) is 9.59 Å². The molecule has 0 bridgehead atoms. The summed E-state index contributed by atoms with van der Waals surface area (Å²) < 4.78 is 1.53. The van der Waals surface area contributed by atoms with Gasteiger partial charge < -0.3 is 19.9 Å². The summed E-state index contributed by atoms with van der Waals surface area (Å²) in [5.41, 5.74) is 1.21. The first kappa shape index (κ1) is 17.1. The first-order valence-electron chi connectivity index (χ1n) is 7.70. The zero-order chi connectivity index (χ0) is 17.1. The average Bonchev–Trinajstić information content (AvgIpc) is 2.51. The third kappa shape index (κ3) is 3.91. The molecule has 1 aromatic rings. The summed E-state index contributed by atoms with van der Waals surface area (Å²) in [6.45, 7) is 4.64. The Morgan fingerprint density at radius 3 is 2.70 bits per heavy atom. The Morgan fingerprint density at radius 1 is 1.35 bits per heavy atom. The number of nitrogens with one attached hydrogen (secondary N) is 1. The second kappa shape index (κ2) is 6.85. The van der Waals surface area contributed by atoms with Crippen LogP contribution in [-0.2, 0) is 18.4 Å². The number of urea groups is 1. The van der Waals surface area contributed by atoms with Crippen LogP contribution in [0.25, 0.3) is 0 Å². The molecule has 2 N–H and O–H groups in total. The van der Waals surface area contributed by atoms with Crippen molar-refractivity contribution in [2.45, 2.75) is 26.8 Å². The topological polar surface area (TPSA) is 91.6 Å². The predicted molar refractivity (Wildman–Crippen MR) is 85.1 cm³/mol. The number of piperidine rings is 1. The van der Waals surface area contributed by atoms with Crippen LogP contribution in [0.3, 0.4) is 0 Å². The van der Waals surface area contributed by atoms with E-state index in [1.165, 1.54) is 9.47 Å². The van der Waals surface area contributed by atoms with Crippen LogP contribution < -0.4 is 10.9 Å². The van der Waals surface area contributed by atoms with Crippen molar-refractivity contribution in [3.05, 3.63) is 33.7 Å². The number of carboxylic acids is 1. The van der Waals surface area contributed by atoms with Gasteiger partial charge in [0, 0.05) is 37.9 Å². The van der Waals surface area contributed by atoms with Crippen molar-refractivity contribution >= 4 is 12.0 Å². The van der Waals surface area contributed by atoms with Gasteiger partial charge in [-0.05, 0) is 25.3 Å². The smallest absolute Gasteiger partial charge is 0.317 e. The number of rotatable bonds is 3. The number of amides is 2. The minimum absolute atomic E-state index is 0.133. The zero-order valence-electron chi connectivity index (χ0n) is 13.7. The Kier molecular flexibility index (Phi) is 5.08. The van der Waals surface area contributed by atoms with E-state index in [4.69, 9.17) is 5.11 Å². The number of hydrogen-bond acceptors (Lipinski definition) is 3. The molecule has 126 valence electrons. The maximum atomic E-state index is 12.3. The zero-order valence-corrected chi connectivity index (χ0v) is 13.7. The summed E-state index contributed by atoms with van der Waals surface area (Å²) in [5, 5.41) is 11.9. The molecule has 2 atom stereocenters. The molecule has 23 heavy (non-hydrogen) atoms. The molecule has 1 aliphatic heterocycles. The maximum absolute atomic E-state index is 12.3. The Hall–Kier alpha value is -2.31. The quantitative estimate of drug-likeness (QED) is 0.867. The highest BCUT2D eigenvalue weighted by molar-refractivity contribution is 5.76. The Morgan fingerprint density at radius 2 is 2.04 bits per heavy atom. The molecule has 1 aliphatic rings. The second-order valence-electron chi connectivity index (χ2n) is 6.30. The van der Waals surface area contributed by atoms with Crippen molar-refractivity contribution in [3.63, 3.8) is 0 Å². The van der Waals surface area contributed by atoms with E-state index in [0.717, 1.165) is 5.69 Å². The number of aromatic nitrogens is 1. The number of carbonyl (C=O) groups is 2. The third-order valence-corrected chi connectivity index (χ3v) is 4.36. The number of aryl methyl sites for hydroxylation is 1. The van der Waals surface area contributed by atoms with Crippen molar-refractivity contribution in [2.24, 2.45) is 18.9 Å². The Labute approximate surface area is 134 Å². The Balaban J connectivity index is 2.01. The fourth-order valence-electron chi connectivity index (χ4n) is 2.89. The van der Waals surface area contributed by atoms with Crippen LogP contribution in [0.5, 0.6) is 0 Å². The monoisotopic (exact) mass is 321 g/mol. The van der Waals surface area contributed by atoms with Crippen LogP contribution in [0.1, 0.15) is 24.6 Å². The number of pyridine rings is 1. The van der Waals surface area contributed by atoms with Gasteiger partial charge >= 0.3 is 12.0 Å². The number of likely N-dealkylation sites (tertiary alicyclic amines) is 1. The fourth-order valence-corrected chi connectivity index (χ4v) is 2.89. The van der Waals surface area contributed by atoms with Crippen molar-refractivity contribution < 1.29 is 14.7 Å². The molecule has 2 amide bonds. The summed E-state index contributed by atoms with van der Waals surface area (Å²) in [7, 11) is 1.69. The molecule has 0 spiro atoms. The van der Waals surface area contributed by atoms with E-state index >= 15 is 0 Å². The van der Waals surface area contributed by atoms with Gasteiger partial charge in [-0.1, -0.05) is 13.0 Å².